The van der Waals surface area contributed by atoms with Crippen LogP contribution in [0.15, 0.2) is 52.6 Å². The monoisotopic (exact) mass is 295 g/mol. The Bertz CT molecular complexity index is 772. The molecule has 96 valence electrons. The normalized spacial score (nSPS) is 12.7. The van der Waals surface area contributed by atoms with Crippen LogP contribution in [0, 0.1) is 5.82 Å². The second-order valence-electron chi connectivity index (χ2n) is 3.75. The van der Waals surface area contributed by atoms with Gasteiger partial charge < -0.3 is 0 Å². The Balaban J connectivity index is 2.08. The molecule has 3 rings (SSSR count). The van der Waals surface area contributed by atoms with Crippen LogP contribution in [0.1, 0.15) is 0 Å². The third-order valence-corrected chi connectivity index (χ3v) is 4.00. The Morgan fingerprint density at radius 2 is 1.95 bits per heavy atom. The Kier molecular flexibility index (Phi) is 3.04. The van der Waals surface area contributed by atoms with Gasteiger partial charge >= 0.3 is 0 Å². The van der Waals surface area contributed by atoms with Crippen LogP contribution in [-0.2, 0) is 10.8 Å². The molecule has 0 N–H and O–H groups in total. The highest BCUT2D eigenvalue weighted by atomic mass is 35.5. The standard InChI is InChI=1S/C12H7ClFN3OS/c13-11-10-2-1-7-17(10)16-12(15-11)19(18)9-5-3-8(14)4-6-9/h1-7H/t19-/m1/s1. The Morgan fingerprint density at radius 1 is 1.21 bits per heavy atom. The third-order valence-electron chi connectivity index (χ3n) is 2.52. The molecule has 0 aliphatic carbocycles. The summed E-state index contributed by atoms with van der Waals surface area (Å²) in [7, 11) is -1.60. The minimum atomic E-state index is -1.60. The van der Waals surface area contributed by atoms with Gasteiger partial charge in [0, 0.05) is 11.1 Å². The second kappa shape index (κ2) is 4.71. The summed E-state index contributed by atoms with van der Waals surface area (Å²) in [5.41, 5.74) is 0.640. The Labute approximate surface area is 115 Å². The lowest BCUT2D eigenvalue weighted by atomic mass is 10.4. The average molecular weight is 296 g/mol. The first kappa shape index (κ1) is 12.3. The van der Waals surface area contributed by atoms with E-state index in [0.717, 1.165) is 0 Å². The smallest absolute Gasteiger partial charge is 0.244 e. The van der Waals surface area contributed by atoms with Crippen molar-refractivity contribution in [2.24, 2.45) is 0 Å². The summed E-state index contributed by atoms with van der Waals surface area (Å²) in [6.07, 6.45) is 1.69. The molecule has 0 radical (unpaired) electrons. The van der Waals surface area contributed by atoms with Crippen molar-refractivity contribution in [3.05, 3.63) is 53.6 Å². The fraction of sp³-hybridized carbons (Fsp3) is 0. The summed E-state index contributed by atoms with van der Waals surface area (Å²) in [6, 6.07) is 8.87. The number of halogens is 2. The predicted molar refractivity (Wildman–Crippen MR) is 69.1 cm³/mol. The van der Waals surface area contributed by atoms with Gasteiger partial charge in [-0.15, -0.1) is 5.10 Å². The average Bonchev–Trinajstić information content (AvgIpc) is 2.87. The van der Waals surface area contributed by atoms with E-state index in [2.05, 4.69) is 10.1 Å². The highest BCUT2D eigenvalue weighted by molar-refractivity contribution is 7.84. The lowest BCUT2D eigenvalue weighted by Gasteiger charge is -2.03. The topological polar surface area (TPSA) is 47.3 Å². The van der Waals surface area contributed by atoms with E-state index in [9.17, 15) is 8.60 Å². The molecule has 0 saturated carbocycles. The molecule has 1 aromatic carbocycles. The van der Waals surface area contributed by atoms with E-state index in [0.29, 0.717) is 10.4 Å². The number of hydrogen-bond donors (Lipinski definition) is 0. The summed E-state index contributed by atoms with van der Waals surface area (Å²) in [5.74, 6) is -0.388. The van der Waals surface area contributed by atoms with E-state index in [-0.39, 0.29) is 16.1 Å². The SMILES string of the molecule is O=[S@](c1ccc(F)cc1)c1nc(Cl)c2cccn2n1. The summed E-state index contributed by atoms with van der Waals surface area (Å²) in [6.45, 7) is 0. The number of aromatic nitrogens is 3. The fourth-order valence-corrected chi connectivity index (χ4v) is 2.83. The van der Waals surface area contributed by atoms with Gasteiger partial charge in [0.05, 0.1) is 0 Å². The van der Waals surface area contributed by atoms with Crippen LogP contribution in [0.3, 0.4) is 0 Å². The van der Waals surface area contributed by atoms with Crippen LogP contribution in [0.2, 0.25) is 5.15 Å². The van der Waals surface area contributed by atoms with Gasteiger partial charge in [0.1, 0.15) is 22.1 Å². The zero-order chi connectivity index (χ0) is 13.4. The highest BCUT2D eigenvalue weighted by Crippen LogP contribution is 2.18. The summed E-state index contributed by atoms with van der Waals surface area (Å²) >= 11 is 5.99. The molecule has 19 heavy (non-hydrogen) atoms. The van der Waals surface area contributed by atoms with E-state index < -0.39 is 10.8 Å². The van der Waals surface area contributed by atoms with Crippen LogP contribution < -0.4 is 0 Å². The molecule has 0 unspecified atom stereocenters. The molecule has 0 spiro atoms. The molecule has 0 amide bonds. The molecule has 7 heteroatoms. The van der Waals surface area contributed by atoms with Crippen molar-refractivity contribution in [3.63, 3.8) is 0 Å². The largest absolute Gasteiger partial charge is 0.246 e. The molecule has 0 aliphatic heterocycles. The van der Waals surface area contributed by atoms with Gasteiger partial charge in [0.25, 0.3) is 0 Å². The lowest BCUT2D eigenvalue weighted by molar-refractivity contribution is 0.626. The third kappa shape index (κ3) is 2.24. The molecular weight excluding hydrogens is 289 g/mol. The van der Waals surface area contributed by atoms with Crippen molar-refractivity contribution in [1.82, 2.24) is 14.6 Å². The van der Waals surface area contributed by atoms with Crippen molar-refractivity contribution in [1.29, 1.82) is 0 Å². The van der Waals surface area contributed by atoms with Crippen molar-refractivity contribution < 1.29 is 8.60 Å². The molecule has 0 bridgehead atoms. The van der Waals surface area contributed by atoms with Crippen LogP contribution in [0.25, 0.3) is 5.52 Å². The van der Waals surface area contributed by atoms with Crippen LogP contribution in [0.5, 0.6) is 0 Å². The molecule has 0 fully saturated rings. The van der Waals surface area contributed by atoms with Gasteiger partial charge in [-0.25, -0.2) is 18.1 Å². The van der Waals surface area contributed by atoms with Crippen LogP contribution in [-0.4, -0.2) is 18.8 Å². The zero-order valence-electron chi connectivity index (χ0n) is 9.46. The highest BCUT2D eigenvalue weighted by Gasteiger charge is 2.14. The first-order valence-electron chi connectivity index (χ1n) is 5.33. The first-order valence-corrected chi connectivity index (χ1v) is 6.86. The molecule has 2 heterocycles. The maximum atomic E-state index is 12.8. The van der Waals surface area contributed by atoms with E-state index in [1.807, 2.05) is 0 Å². The van der Waals surface area contributed by atoms with Gasteiger partial charge in [-0.1, -0.05) is 11.6 Å². The van der Waals surface area contributed by atoms with Crippen molar-refractivity contribution in [2.75, 3.05) is 0 Å². The molecule has 1 atom stereocenters. The van der Waals surface area contributed by atoms with E-state index in [1.165, 1.54) is 28.8 Å². The summed E-state index contributed by atoms with van der Waals surface area (Å²) in [5, 5.41) is 4.43. The van der Waals surface area contributed by atoms with Crippen molar-refractivity contribution in [2.45, 2.75) is 10.1 Å². The number of nitrogens with zero attached hydrogens (tertiary/aromatic N) is 3. The molecule has 2 aromatic heterocycles. The minimum absolute atomic E-state index is 0.0836. The lowest BCUT2D eigenvalue weighted by Crippen LogP contribution is -2.04. The summed E-state index contributed by atoms with van der Waals surface area (Å²) in [4.78, 5) is 4.43. The Hall–Kier alpha value is -1.79. The maximum absolute atomic E-state index is 12.8. The molecule has 0 saturated heterocycles. The number of rotatable bonds is 2. The number of hydrogen-bond acceptors (Lipinski definition) is 3. The van der Waals surface area contributed by atoms with Gasteiger partial charge in [-0.05, 0) is 36.4 Å². The molecule has 3 aromatic rings. The van der Waals surface area contributed by atoms with Gasteiger partial charge in [-0.3, -0.25) is 0 Å². The van der Waals surface area contributed by atoms with E-state index in [4.69, 9.17) is 11.6 Å². The quantitative estimate of drug-likeness (QED) is 0.730. The van der Waals surface area contributed by atoms with Gasteiger partial charge in [0.15, 0.2) is 5.15 Å². The van der Waals surface area contributed by atoms with Crippen molar-refractivity contribution >= 4 is 27.9 Å². The number of benzene rings is 1. The Morgan fingerprint density at radius 3 is 2.68 bits per heavy atom. The predicted octanol–water partition coefficient (Wildman–Crippen LogP) is 2.69. The molecule has 0 aliphatic rings. The van der Waals surface area contributed by atoms with E-state index >= 15 is 0 Å². The minimum Gasteiger partial charge on any atom is -0.246 e. The molecular formula is C12H7ClFN3OS. The van der Waals surface area contributed by atoms with Gasteiger partial charge in [0.2, 0.25) is 5.16 Å². The van der Waals surface area contributed by atoms with E-state index in [1.54, 1.807) is 18.3 Å². The van der Waals surface area contributed by atoms with Gasteiger partial charge in [-0.2, -0.15) is 0 Å². The zero-order valence-corrected chi connectivity index (χ0v) is 11.0. The van der Waals surface area contributed by atoms with Crippen LogP contribution in [0.4, 0.5) is 4.39 Å². The first-order chi connectivity index (χ1) is 9.15. The fourth-order valence-electron chi connectivity index (χ4n) is 1.62. The van der Waals surface area contributed by atoms with Crippen molar-refractivity contribution in [3.8, 4) is 0 Å². The van der Waals surface area contributed by atoms with Crippen LogP contribution >= 0.6 is 11.6 Å². The second-order valence-corrected chi connectivity index (χ2v) is 5.48. The number of fused-ring (bicyclic) bond motifs is 1. The maximum Gasteiger partial charge on any atom is 0.244 e. The summed E-state index contributed by atoms with van der Waals surface area (Å²) < 4.78 is 26.6. The molecule has 4 nitrogen and oxygen atoms in total.